The normalized spacial score (nSPS) is 22.4. The van der Waals surface area contributed by atoms with Crippen LogP contribution in [0.4, 0.5) is 5.82 Å². The van der Waals surface area contributed by atoms with Crippen molar-refractivity contribution in [3.63, 3.8) is 0 Å². The van der Waals surface area contributed by atoms with E-state index in [9.17, 15) is 19.0 Å². The average molecular weight is 368 g/mol. The van der Waals surface area contributed by atoms with Gasteiger partial charge in [-0.1, -0.05) is 6.07 Å². The number of aromatic amines is 1. The molecule has 10 nitrogen and oxygen atoms in total. The molecule has 3 N–H and O–H groups in total. The predicted molar refractivity (Wildman–Crippen MR) is 88.1 cm³/mol. The van der Waals surface area contributed by atoms with Gasteiger partial charge in [-0.15, -0.1) is 0 Å². The predicted octanol–water partition coefficient (Wildman–Crippen LogP) is 0.838. The maximum atomic E-state index is 12.0. The Kier molecular flexibility index (Phi) is 5.14. The van der Waals surface area contributed by atoms with Gasteiger partial charge < -0.3 is 9.63 Å². The molecule has 25 heavy (non-hydrogen) atoms. The number of nitrogens with zero attached hydrogens (tertiary/aromatic N) is 2. The van der Waals surface area contributed by atoms with Crippen LogP contribution in [0.25, 0.3) is 0 Å². The highest BCUT2D eigenvalue weighted by molar-refractivity contribution is 7.54. The molecule has 0 saturated carbocycles. The molecule has 0 aliphatic carbocycles. The van der Waals surface area contributed by atoms with Crippen LogP contribution < -0.4 is 16.3 Å². The summed E-state index contributed by atoms with van der Waals surface area (Å²) in [4.78, 5) is 38.7. The molecule has 0 amide bonds. The van der Waals surface area contributed by atoms with E-state index in [4.69, 9.17) is 9.26 Å². The number of aromatic nitrogens is 3. The van der Waals surface area contributed by atoms with Crippen LogP contribution in [0.3, 0.4) is 0 Å². The van der Waals surface area contributed by atoms with Crippen LogP contribution in [0.2, 0.25) is 0 Å². The van der Waals surface area contributed by atoms with Crippen LogP contribution in [0.15, 0.2) is 46.2 Å². The van der Waals surface area contributed by atoms with E-state index < -0.39 is 31.3 Å². The molecule has 1 fully saturated rings. The van der Waals surface area contributed by atoms with Gasteiger partial charge >= 0.3 is 13.4 Å². The number of ether oxygens (including phenoxy) is 1. The molecule has 1 aliphatic heterocycles. The highest BCUT2D eigenvalue weighted by Crippen LogP contribution is 2.42. The van der Waals surface area contributed by atoms with E-state index in [1.807, 2.05) is 0 Å². The lowest BCUT2D eigenvalue weighted by Crippen LogP contribution is -2.31. The lowest BCUT2D eigenvalue weighted by atomic mass is 10.2. The number of hydrogen-bond donors (Lipinski definition) is 3. The van der Waals surface area contributed by atoms with E-state index in [0.29, 0.717) is 12.8 Å². The minimum absolute atomic E-state index is 0.123. The SMILES string of the molecule is O=c1ccn([C@H]2CC[C@@H](COP(=O)(O)Nc3ccccn3)O2)c(=O)[nH]1. The van der Waals surface area contributed by atoms with Crippen molar-refractivity contribution in [2.75, 3.05) is 11.7 Å². The van der Waals surface area contributed by atoms with Crippen LogP contribution in [0.5, 0.6) is 0 Å². The van der Waals surface area contributed by atoms with Crippen molar-refractivity contribution in [1.29, 1.82) is 0 Å². The Morgan fingerprint density at radius 2 is 2.24 bits per heavy atom. The van der Waals surface area contributed by atoms with Crippen LogP contribution >= 0.6 is 7.75 Å². The van der Waals surface area contributed by atoms with E-state index >= 15 is 0 Å². The van der Waals surface area contributed by atoms with E-state index in [0.717, 1.165) is 0 Å². The van der Waals surface area contributed by atoms with Gasteiger partial charge in [0.05, 0.1) is 12.7 Å². The van der Waals surface area contributed by atoms with Crippen LogP contribution in [-0.4, -0.2) is 32.1 Å². The van der Waals surface area contributed by atoms with Gasteiger partial charge in [0.1, 0.15) is 12.0 Å². The molecule has 2 aromatic heterocycles. The first-order chi connectivity index (χ1) is 11.9. The molecule has 1 aliphatic rings. The lowest BCUT2D eigenvalue weighted by molar-refractivity contribution is -0.0213. The summed E-state index contributed by atoms with van der Waals surface area (Å²) in [6.45, 7) is -0.123. The van der Waals surface area contributed by atoms with Gasteiger partial charge in [-0.3, -0.25) is 24.0 Å². The first-order valence-electron chi connectivity index (χ1n) is 7.56. The fourth-order valence-corrected chi connectivity index (χ4v) is 3.31. The molecular weight excluding hydrogens is 351 g/mol. The Bertz CT molecular complexity index is 883. The zero-order valence-electron chi connectivity index (χ0n) is 13.1. The molecular formula is C14H17N4O6P. The van der Waals surface area contributed by atoms with Gasteiger partial charge in [-0.2, -0.15) is 0 Å². The Morgan fingerprint density at radius 1 is 1.40 bits per heavy atom. The molecule has 0 aromatic carbocycles. The van der Waals surface area contributed by atoms with Crippen molar-refractivity contribution in [3.05, 3.63) is 57.5 Å². The van der Waals surface area contributed by atoms with Gasteiger partial charge in [-0.25, -0.2) is 14.3 Å². The van der Waals surface area contributed by atoms with Gasteiger partial charge in [0, 0.05) is 18.5 Å². The second-order valence-corrected chi connectivity index (χ2v) is 6.97. The van der Waals surface area contributed by atoms with Crippen molar-refractivity contribution in [2.45, 2.75) is 25.2 Å². The Labute approximate surface area is 142 Å². The largest absolute Gasteiger partial charge is 0.431 e. The second-order valence-electron chi connectivity index (χ2n) is 5.45. The molecule has 2 aromatic rings. The third-order valence-electron chi connectivity index (χ3n) is 3.60. The Morgan fingerprint density at radius 3 is 2.96 bits per heavy atom. The third-order valence-corrected chi connectivity index (χ3v) is 4.61. The number of pyridine rings is 1. The highest BCUT2D eigenvalue weighted by Gasteiger charge is 2.30. The van der Waals surface area contributed by atoms with Gasteiger partial charge in [-0.05, 0) is 25.0 Å². The summed E-state index contributed by atoms with van der Waals surface area (Å²) in [5, 5.41) is 2.33. The monoisotopic (exact) mass is 368 g/mol. The molecule has 3 rings (SSSR count). The zero-order chi connectivity index (χ0) is 17.9. The molecule has 0 spiro atoms. The summed E-state index contributed by atoms with van der Waals surface area (Å²) in [7, 11) is -4.08. The highest BCUT2D eigenvalue weighted by atomic mass is 31.2. The number of H-pyrrole nitrogens is 1. The van der Waals surface area contributed by atoms with E-state index in [2.05, 4.69) is 15.1 Å². The standard InChI is InChI=1S/C14H17N4O6P/c19-12-6-8-18(14(20)16-12)13-5-4-10(24-13)9-23-25(21,22)17-11-3-1-2-7-15-11/h1-3,6-8,10,13H,4-5,9H2,(H,16,19,20)(H2,15,17,21,22)/t10-,13+/m0/s1. The lowest BCUT2D eigenvalue weighted by Gasteiger charge is -2.18. The summed E-state index contributed by atoms with van der Waals surface area (Å²) < 4.78 is 24.0. The van der Waals surface area contributed by atoms with Crippen molar-refractivity contribution >= 4 is 13.6 Å². The Hall–Kier alpha value is -2.26. The number of rotatable bonds is 6. The maximum Gasteiger partial charge on any atom is 0.431 e. The summed E-state index contributed by atoms with van der Waals surface area (Å²) in [5.74, 6) is 0.221. The first kappa shape index (κ1) is 17.6. The van der Waals surface area contributed by atoms with Crippen molar-refractivity contribution in [1.82, 2.24) is 14.5 Å². The van der Waals surface area contributed by atoms with Gasteiger partial charge in [0.25, 0.3) is 5.56 Å². The smallest absolute Gasteiger partial charge is 0.352 e. The molecule has 3 heterocycles. The Balaban J connectivity index is 1.55. The van der Waals surface area contributed by atoms with Gasteiger partial charge in [0.15, 0.2) is 0 Å². The molecule has 1 unspecified atom stereocenters. The quantitative estimate of drug-likeness (QED) is 0.638. The van der Waals surface area contributed by atoms with Crippen LogP contribution in [0, 0.1) is 0 Å². The minimum Gasteiger partial charge on any atom is -0.352 e. The minimum atomic E-state index is -4.08. The number of anilines is 1. The maximum absolute atomic E-state index is 12.0. The number of hydrogen-bond acceptors (Lipinski definition) is 6. The van der Waals surface area contributed by atoms with E-state index in [1.165, 1.54) is 29.1 Å². The molecule has 134 valence electrons. The van der Waals surface area contributed by atoms with Crippen LogP contribution in [-0.2, 0) is 13.8 Å². The van der Waals surface area contributed by atoms with Crippen molar-refractivity contribution < 1.29 is 18.7 Å². The molecule has 1 saturated heterocycles. The topological polar surface area (TPSA) is 136 Å². The van der Waals surface area contributed by atoms with Crippen LogP contribution in [0.1, 0.15) is 19.1 Å². The second kappa shape index (κ2) is 7.32. The average Bonchev–Trinajstić information content (AvgIpc) is 3.02. The van der Waals surface area contributed by atoms with Crippen molar-refractivity contribution in [2.24, 2.45) is 0 Å². The molecule has 3 atom stereocenters. The first-order valence-corrected chi connectivity index (χ1v) is 9.14. The summed E-state index contributed by atoms with van der Waals surface area (Å²) in [5.41, 5.74) is -1.05. The molecule has 11 heteroatoms. The zero-order valence-corrected chi connectivity index (χ0v) is 14.0. The number of nitrogens with one attached hydrogen (secondary N) is 2. The van der Waals surface area contributed by atoms with E-state index in [1.54, 1.807) is 12.1 Å². The van der Waals surface area contributed by atoms with Crippen molar-refractivity contribution in [3.8, 4) is 0 Å². The fraction of sp³-hybridized carbons (Fsp3) is 0.357. The molecule has 0 bridgehead atoms. The third kappa shape index (κ3) is 4.64. The summed E-state index contributed by atoms with van der Waals surface area (Å²) in [6, 6.07) is 6.12. The summed E-state index contributed by atoms with van der Waals surface area (Å²) in [6.07, 6.45) is 2.89. The molecule has 0 radical (unpaired) electrons. The van der Waals surface area contributed by atoms with E-state index in [-0.39, 0.29) is 12.4 Å². The fourth-order valence-electron chi connectivity index (χ4n) is 2.46. The summed E-state index contributed by atoms with van der Waals surface area (Å²) >= 11 is 0. The van der Waals surface area contributed by atoms with Gasteiger partial charge in [0.2, 0.25) is 0 Å².